The predicted molar refractivity (Wildman–Crippen MR) is 80.3 cm³/mol. The van der Waals surface area contributed by atoms with Crippen LogP contribution in [0, 0.1) is 0 Å². The lowest BCUT2D eigenvalue weighted by molar-refractivity contribution is -0.154. The summed E-state index contributed by atoms with van der Waals surface area (Å²) in [6, 6.07) is 1.37. The molecule has 0 radical (unpaired) electrons. The lowest BCUT2D eigenvalue weighted by Gasteiger charge is -2.12. The van der Waals surface area contributed by atoms with Crippen molar-refractivity contribution in [3.8, 4) is 5.88 Å². The quantitative estimate of drug-likeness (QED) is 0.766. The molecular weight excluding hydrogens is 384 g/mol. The largest absolute Gasteiger partial charge is 0.468 e. The molecule has 0 saturated carbocycles. The Bertz CT molecular complexity index is 542. The lowest BCUT2D eigenvalue weighted by Crippen LogP contribution is -2.35. The molecule has 1 aliphatic rings. The third-order valence-electron chi connectivity index (χ3n) is 2.81. The molecule has 1 aromatic rings. The molecule has 1 fully saturated rings. The molecule has 1 atom stereocenters. The molecule has 1 aromatic heterocycles. The zero-order chi connectivity index (χ0) is 16.4. The van der Waals surface area contributed by atoms with E-state index in [0.717, 1.165) is 12.3 Å². The fraction of sp³-hybridized carbons (Fsp3) is 0.500. The van der Waals surface area contributed by atoms with E-state index in [1.165, 1.54) is 6.07 Å². The summed E-state index contributed by atoms with van der Waals surface area (Å²) >= 11 is 0. The second-order valence-corrected chi connectivity index (χ2v) is 4.77. The van der Waals surface area contributed by atoms with Gasteiger partial charge in [0.2, 0.25) is 11.8 Å². The predicted octanol–water partition coefficient (Wildman–Crippen LogP) is 2.80. The Morgan fingerprint density at radius 1 is 1.38 bits per heavy atom. The van der Waals surface area contributed by atoms with Crippen LogP contribution in [-0.4, -0.2) is 42.2 Å². The first-order chi connectivity index (χ1) is 10.1. The van der Waals surface area contributed by atoms with E-state index < -0.39 is 43.6 Å². The minimum absolute atomic E-state index is 0. The lowest BCUT2D eigenvalue weighted by atomic mass is 10.2. The molecule has 24 heavy (non-hydrogen) atoms. The summed E-state index contributed by atoms with van der Waals surface area (Å²) in [6.45, 7) is -2.06. The highest BCUT2D eigenvalue weighted by Crippen LogP contribution is 2.26. The minimum atomic E-state index is -4.48. The highest BCUT2D eigenvalue weighted by Gasteiger charge is 2.42. The number of hydrogen-bond acceptors (Lipinski definition) is 4. The van der Waals surface area contributed by atoms with Crippen LogP contribution in [0.3, 0.4) is 0 Å². The van der Waals surface area contributed by atoms with Crippen LogP contribution in [-0.2, 0) is 4.79 Å². The molecule has 0 bridgehead atoms. The second kappa shape index (κ2) is 8.63. The van der Waals surface area contributed by atoms with E-state index in [1.807, 2.05) is 0 Å². The fourth-order valence-corrected chi connectivity index (χ4v) is 1.83. The van der Waals surface area contributed by atoms with Crippen molar-refractivity contribution in [3.63, 3.8) is 0 Å². The van der Waals surface area contributed by atoms with Gasteiger partial charge >= 0.3 is 6.18 Å². The van der Waals surface area contributed by atoms with Gasteiger partial charge in [0.05, 0.1) is 24.5 Å². The fourth-order valence-electron chi connectivity index (χ4n) is 1.83. The van der Waals surface area contributed by atoms with Gasteiger partial charge in [0.15, 0.2) is 6.61 Å². The maximum Gasteiger partial charge on any atom is 0.422 e. The van der Waals surface area contributed by atoms with Crippen LogP contribution in [0.25, 0.3) is 0 Å². The number of halogens is 7. The summed E-state index contributed by atoms with van der Waals surface area (Å²) in [7, 11) is 0. The second-order valence-electron chi connectivity index (χ2n) is 4.77. The van der Waals surface area contributed by atoms with E-state index >= 15 is 0 Å². The number of anilines is 1. The molecule has 0 aromatic carbocycles. The monoisotopic (exact) mass is 397 g/mol. The number of aromatic nitrogens is 1. The Morgan fingerprint density at radius 2 is 2.04 bits per heavy atom. The highest BCUT2D eigenvalue weighted by molar-refractivity contribution is 5.95. The summed E-state index contributed by atoms with van der Waals surface area (Å²) in [5.41, 5.74) is 0.168. The van der Waals surface area contributed by atoms with Crippen molar-refractivity contribution in [2.24, 2.45) is 0 Å². The van der Waals surface area contributed by atoms with E-state index in [1.54, 1.807) is 0 Å². The Balaban J connectivity index is 0.00000264. The van der Waals surface area contributed by atoms with Gasteiger partial charge in [-0.1, -0.05) is 0 Å². The number of nitrogens with zero attached hydrogens (tertiary/aromatic N) is 1. The normalized spacial score (nSPS) is 19.0. The molecule has 0 spiro atoms. The van der Waals surface area contributed by atoms with Gasteiger partial charge in [-0.25, -0.2) is 13.8 Å². The summed E-state index contributed by atoms with van der Waals surface area (Å²) in [5, 5.41) is 4.73. The standard InChI is InChI=1S/C12H12F5N3O2.2ClH/c13-11(14)3-8(19-5-11)10(21)20-7-1-2-9(18-4-7)22-6-12(15,16)17;;/h1-2,4,8,19H,3,5-6H2,(H,20,21);2*1H. The van der Waals surface area contributed by atoms with Crippen molar-refractivity contribution >= 4 is 36.4 Å². The van der Waals surface area contributed by atoms with Crippen LogP contribution >= 0.6 is 24.8 Å². The van der Waals surface area contributed by atoms with Crippen molar-refractivity contribution in [3.05, 3.63) is 18.3 Å². The molecule has 1 saturated heterocycles. The summed E-state index contributed by atoms with van der Waals surface area (Å²) < 4.78 is 66.2. The van der Waals surface area contributed by atoms with Gasteiger partial charge in [0.1, 0.15) is 0 Å². The number of rotatable bonds is 4. The molecule has 12 heteroatoms. The Labute approximate surface area is 146 Å². The van der Waals surface area contributed by atoms with Gasteiger partial charge in [-0.05, 0) is 6.07 Å². The van der Waals surface area contributed by atoms with E-state index in [4.69, 9.17) is 0 Å². The zero-order valence-electron chi connectivity index (χ0n) is 11.9. The summed E-state index contributed by atoms with van der Waals surface area (Å²) in [4.78, 5) is 15.3. The molecule has 1 unspecified atom stereocenters. The maximum absolute atomic E-state index is 13.0. The Kier molecular flexibility index (Phi) is 8.13. The first-order valence-corrected chi connectivity index (χ1v) is 6.22. The highest BCUT2D eigenvalue weighted by atomic mass is 35.5. The number of amides is 1. The molecule has 2 rings (SSSR count). The van der Waals surface area contributed by atoms with Crippen LogP contribution in [0.4, 0.5) is 27.6 Å². The molecule has 138 valence electrons. The van der Waals surface area contributed by atoms with Crippen LogP contribution in [0.1, 0.15) is 6.42 Å². The number of carbonyl (C=O) groups is 1. The number of ether oxygens (including phenoxy) is 1. The molecule has 2 N–H and O–H groups in total. The summed E-state index contributed by atoms with van der Waals surface area (Å²) in [5.74, 6) is -3.86. The zero-order valence-corrected chi connectivity index (χ0v) is 13.5. The van der Waals surface area contributed by atoms with Crippen LogP contribution in [0.15, 0.2) is 18.3 Å². The Hall–Kier alpha value is -1.39. The summed E-state index contributed by atoms with van der Waals surface area (Å²) in [6.07, 6.45) is -4.01. The number of hydrogen-bond donors (Lipinski definition) is 2. The number of nitrogens with one attached hydrogen (secondary N) is 2. The van der Waals surface area contributed by atoms with Gasteiger partial charge in [-0.15, -0.1) is 24.8 Å². The van der Waals surface area contributed by atoms with Gasteiger partial charge in [-0.2, -0.15) is 13.2 Å². The third kappa shape index (κ3) is 7.02. The maximum atomic E-state index is 13.0. The SMILES string of the molecule is Cl.Cl.O=C(Nc1ccc(OCC(F)(F)F)nc1)C1CC(F)(F)CN1. The average molecular weight is 398 g/mol. The Morgan fingerprint density at radius 3 is 2.50 bits per heavy atom. The minimum Gasteiger partial charge on any atom is -0.468 e. The van der Waals surface area contributed by atoms with Crippen LogP contribution < -0.4 is 15.4 Å². The van der Waals surface area contributed by atoms with Crippen LogP contribution in [0.2, 0.25) is 0 Å². The van der Waals surface area contributed by atoms with Crippen molar-refractivity contribution in [2.45, 2.75) is 24.6 Å². The first-order valence-electron chi connectivity index (χ1n) is 6.22. The molecule has 1 amide bonds. The third-order valence-corrected chi connectivity index (χ3v) is 2.81. The molecule has 5 nitrogen and oxygen atoms in total. The number of carbonyl (C=O) groups excluding carboxylic acids is 1. The molecule has 0 aliphatic carbocycles. The molecular formula is C12H14Cl2F5N3O2. The molecule has 2 heterocycles. The van der Waals surface area contributed by atoms with Crippen molar-refractivity contribution < 1.29 is 31.5 Å². The van der Waals surface area contributed by atoms with Crippen molar-refractivity contribution in [1.82, 2.24) is 10.3 Å². The number of pyridine rings is 1. The van der Waals surface area contributed by atoms with Gasteiger partial charge in [0.25, 0.3) is 5.92 Å². The first kappa shape index (κ1) is 22.6. The topological polar surface area (TPSA) is 63.2 Å². The van der Waals surface area contributed by atoms with E-state index in [2.05, 4.69) is 20.4 Å². The van der Waals surface area contributed by atoms with Gasteiger partial charge in [-0.3, -0.25) is 10.1 Å². The van der Waals surface area contributed by atoms with Crippen molar-refractivity contribution in [1.29, 1.82) is 0 Å². The van der Waals surface area contributed by atoms with Crippen LogP contribution in [0.5, 0.6) is 5.88 Å². The average Bonchev–Trinajstić information content (AvgIpc) is 2.77. The van der Waals surface area contributed by atoms with Gasteiger partial charge in [0, 0.05) is 12.5 Å². The van der Waals surface area contributed by atoms with E-state index in [9.17, 15) is 26.7 Å². The van der Waals surface area contributed by atoms with E-state index in [-0.39, 0.29) is 36.4 Å². The van der Waals surface area contributed by atoms with E-state index in [0.29, 0.717) is 0 Å². The molecule has 1 aliphatic heterocycles. The number of alkyl halides is 5. The van der Waals surface area contributed by atoms with Gasteiger partial charge < -0.3 is 10.1 Å². The van der Waals surface area contributed by atoms with Crippen molar-refractivity contribution in [2.75, 3.05) is 18.5 Å². The smallest absolute Gasteiger partial charge is 0.422 e.